The van der Waals surface area contributed by atoms with Crippen LogP contribution < -0.4 is 14.8 Å². The highest BCUT2D eigenvalue weighted by Gasteiger charge is 2.62. The van der Waals surface area contributed by atoms with Crippen molar-refractivity contribution in [3.8, 4) is 17.0 Å². The summed E-state index contributed by atoms with van der Waals surface area (Å²) in [5.41, 5.74) is 5.71. The van der Waals surface area contributed by atoms with Crippen molar-refractivity contribution in [1.29, 1.82) is 0 Å². The second-order valence-electron chi connectivity index (χ2n) is 12.3. The lowest BCUT2D eigenvalue weighted by Crippen LogP contribution is -2.36. The number of methoxy groups -OCH3 is 1. The molecule has 2 amide bonds. The van der Waals surface area contributed by atoms with Crippen LogP contribution in [0.25, 0.3) is 22.2 Å². The molecule has 4 aliphatic rings. The third-order valence-corrected chi connectivity index (χ3v) is 10.9. The van der Waals surface area contributed by atoms with E-state index in [0.717, 1.165) is 41.5 Å². The summed E-state index contributed by atoms with van der Waals surface area (Å²) in [6.45, 7) is 1.51. The Balaban J connectivity index is 1.47. The molecule has 0 saturated heterocycles. The van der Waals surface area contributed by atoms with E-state index in [9.17, 15) is 13.8 Å². The van der Waals surface area contributed by atoms with E-state index in [4.69, 9.17) is 4.74 Å². The molecule has 4 bridgehead atoms. The molecule has 2 N–H and O–H groups in total. The quantitative estimate of drug-likeness (QED) is 0.406. The van der Waals surface area contributed by atoms with Gasteiger partial charge in [-0.2, -0.15) is 0 Å². The van der Waals surface area contributed by atoms with Gasteiger partial charge in [0.1, 0.15) is 5.75 Å². The maximum atomic E-state index is 14.0. The van der Waals surface area contributed by atoms with Crippen LogP contribution in [0.2, 0.25) is 0 Å². The average Bonchev–Trinajstić information content (AvgIpc) is 3.68. The van der Waals surface area contributed by atoms with Gasteiger partial charge in [-0.25, -0.2) is 8.51 Å². The van der Waals surface area contributed by atoms with Crippen molar-refractivity contribution in [2.24, 2.45) is 5.41 Å². The first-order valence-electron chi connectivity index (χ1n) is 15.1. The Morgan fingerprint density at radius 1 is 1.05 bits per heavy atom. The molecule has 3 unspecified atom stereocenters. The van der Waals surface area contributed by atoms with Crippen molar-refractivity contribution in [2.75, 3.05) is 27.2 Å². The van der Waals surface area contributed by atoms with Gasteiger partial charge < -0.3 is 14.6 Å². The zero-order valence-corrected chi connectivity index (χ0v) is 25.1. The molecule has 8 nitrogen and oxygen atoms in total. The van der Waals surface area contributed by atoms with Crippen molar-refractivity contribution >= 4 is 33.9 Å². The Hall–Kier alpha value is -3.43. The Morgan fingerprint density at radius 3 is 2.69 bits per heavy atom. The van der Waals surface area contributed by atoms with Gasteiger partial charge in [0.2, 0.25) is 5.91 Å². The minimum atomic E-state index is -1.68. The Labute approximate surface area is 249 Å². The fraction of sp³-hybridized carbons (Fsp3) is 0.455. The molecule has 3 atom stereocenters. The van der Waals surface area contributed by atoms with E-state index < -0.39 is 16.6 Å². The average molecular weight is 587 g/mol. The minimum absolute atomic E-state index is 0.0834. The predicted octanol–water partition coefficient (Wildman–Crippen LogP) is 5.17. The number of carbonyl (C=O) groups is 2. The van der Waals surface area contributed by atoms with Crippen LogP contribution in [-0.4, -0.2) is 52.1 Å². The first-order chi connectivity index (χ1) is 20.4. The molecule has 42 heavy (non-hydrogen) atoms. The fourth-order valence-corrected chi connectivity index (χ4v) is 8.16. The molecule has 2 fully saturated rings. The van der Waals surface area contributed by atoms with Gasteiger partial charge in [-0.05, 0) is 73.1 Å². The summed E-state index contributed by atoms with van der Waals surface area (Å²) in [5.74, 6) is 1.02. The van der Waals surface area contributed by atoms with Crippen LogP contribution in [-0.2, 0) is 22.5 Å². The van der Waals surface area contributed by atoms with Gasteiger partial charge in [0.15, 0.2) is 11.2 Å². The molecule has 220 valence electrons. The van der Waals surface area contributed by atoms with Crippen LogP contribution in [0.15, 0.2) is 48.6 Å². The molecule has 0 radical (unpaired) electrons. The molecule has 3 heterocycles. The molecule has 7 rings (SSSR count). The number of benzene rings is 2. The molecule has 1 spiro atoms. The van der Waals surface area contributed by atoms with Gasteiger partial charge in [-0.15, -0.1) is 0 Å². The number of nitrogens with zero attached hydrogens (tertiary/aromatic N) is 2. The van der Waals surface area contributed by atoms with E-state index in [2.05, 4.69) is 32.8 Å². The van der Waals surface area contributed by atoms with Crippen molar-refractivity contribution in [2.45, 2.75) is 63.3 Å². The summed E-state index contributed by atoms with van der Waals surface area (Å²) >= 11 is -1.68. The number of ether oxygens (including phenoxy) is 1. The van der Waals surface area contributed by atoms with E-state index in [-0.39, 0.29) is 17.7 Å². The number of amides is 2. The van der Waals surface area contributed by atoms with Gasteiger partial charge in [-0.1, -0.05) is 37.5 Å². The summed E-state index contributed by atoms with van der Waals surface area (Å²) in [5, 5.41) is 4.38. The maximum Gasteiger partial charge on any atom is 0.264 e. The number of nitrogens with one attached hydrogen (secondary N) is 2. The SMILES string of the molecule is COc1ccc2c(c1)C1CC13Cn1c-2c(C2CCCCC2)c2ccc(cc21)C(=O)NS(=O)N(C)C/C=C/CCNC3=O. The van der Waals surface area contributed by atoms with Crippen LogP contribution in [0.4, 0.5) is 0 Å². The zero-order chi connectivity index (χ0) is 29.0. The fourth-order valence-electron chi connectivity index (χ4n) is 7.51. The van der Waals surface area contributed by atoms with Gasteiger partial charge in [0.25, 0.3) is 5.91 Å². The first-order valence-corrected chi connectivity index (χ1v) is 16.2. The Bertz CT molecular complexity index is 1640. The zero-order valence-electron chi connectivity index (χ0n) is 24.3. The van der Waals surface area contributed by atoms with Crippen molar-refractivity contribution in [3.05, 3.63) is 65.2 Å². The molecule has 9 heteroatoms. The number of fused-ring (bicyclic) bond motifs is 4. The maximum absolute atomic E-state index is 14.0. The van der Waals surface area contributed by atoms with Crippen molar-refractivity contribution < 1.29 is 18.5 Å². The van der Waals surface area contributed by atoms with E-state index >= 15 is 0 Å². The third-order valence-electron chi connectivity index (χ3n) is 9.83. The number of likely N-dealkylation sites (N-methyl/N-ethyl adjacent to an activating group) is 1. The van der Waals surface area contributed by atoms with Crippen LogP contribution in [0.1, 0.15) is 78.3 Å². The standard InChI is InChI=1S/C33H38N4O4S/c1-36-16-8-4-7-15-34-32(39)33-19-27(33)26-18-23(41-2)12-14-24(26)30-29(21-9-5-3-6-10-21)25-13-11-22(31(38)35-42(36)40)17-28(25)37(30)20-33/h4,8,11-14,17-18,21,27H,3,5-7,9-10,15-16,19-20H2,1-2H3,(H,34,39)(H,35,38)/b8-4+. The number of rotatable bonds is 2. The summed E-state index contributed by atoms with van der Waals surface area (Å²) in [7, 11) is 3.40. The van der Waals surface area contributed by atoms with E-state index in [1.165, 1.54) is 36.1 Å². The number of carbonyl (C=O) groups excluding carboxylic acids is 2. The summed E-state index contributed by atoms with van der Waals surface area (Å²) in [6, 6.07) is 12.2. The van der Waals surface area contributed by atoms with E-state index in [1.807, 2.05) is 30.4 Å². The van der Waals surface area contributed by atoms with E-state index in [0.29, 0.717) is 37.5 Å². The van der Waals surface area contributed by atoms with Gasteiger partial charge in [0, 0.05) is 54.6 Å². The summed E-state index contributed by atoms with van der Waals surface area (Å²) in [4.78, 5) is 27.4. The molecule has 3 aromatic rings. The summed E-state index contributed by atoms with van der Waals surface area (Å²) in [6.07, 6.45) is 11.3. The first kappa shape index (κ1) is 27.4. The molecule has 2 aromatic carbocycles. The molecule has 1 aromatic heterocycles. The highest BCUT2D eigenvalue weighted by Crippen LogP contribution is 2.65. The lowest BCUT2D eigenvalue weighted by molar-refractivity contribution is -0.126. The highest BCUT2D eigenvalue weighted by molar-refractivity contribution is 7.81. The van der Waals surface area contributed by atoms with E-state index in [1.54, 1.807) is 18.5 Å². The second-order valence-corrected chi connectivity index (χ2v) is 13.6. The smallest absolute Gasteiger partial charge is 0.264 e. The largest absolute Gasteiger partial charge is 0.497 e. The topological polar surface area (TPSA) is 92.7 Å². The molecule has 2 aliphatic heterocycles. The monoisotopic (exact) mass is 586 g/mol. The number of hydrogen-bond acceptors (Lipinski definition) is 4. The van der Waals surface area contributed by atoms with Crippen molar-refractivity contribution in [1.82, 2.24) is 18.9 Å². The normalized spacial score (nSPS) is 27.5. The molecular weight excluding hydrogens is 548 g/mol. The van der Waals surface area contributed by atoms with Crippen LogP contribution in [0.5, 0.6) is 5.75 Å². The number of hydrogen-bond donors (Lipinski definition) is 2. The molecular formula is C33H38N4O4S. The van der Waals surface area contributed by atoms with Gasteiger partial charge in [0.05, 0.1) is 18.2 Å². The third kappa shape index (κ3) is 4.48. The van der Waals surface area contributed by atoms with Gasteiger partial charge >= 0.3 is 0 Å². The summed E-state index contributed by atoms with van der Waals surface area (Å²) < 4.78 is 25.1. The van der Waals surface area contributed by atoms with Crippen LogP contribution in [0.3, 0.4) is 0 Å². The predicted molar refractivity (Wildman–Crippen MR) is 165 cm³/mol. The van der Waals surface area contributed by atoms with Crippen molar-refractivity contribution in [3.63, 3.8) is 0 Å². The lowest BCUT2D eigenvalue weighted by Gasteiger charge is -2.24. The second kappa shape index (κ2) is 10.7. The molecule has 2 aliphatic carbocycles. The van der Waals surface area contributed by atoms with Crippen LogP contribution in [0, 0.1) is 5.41 Å². The van der Waals surface area contributed by atoms with Gasteiger partial charge in [-0.3, -0.25) is 14.3 Å². The van der Waals surface area contributed by atoms with Crippen LogP contribution >= 0.6 is 0 Å². The highest BCUT2D eigenvalue weighted by atomic mass is 32.2. The minimum Gasteiger partial charge on any atom is -0.497 e. The Morgan fingerprint density at radius 2 is 1.88 bits per heavy atom. The number of aromatic nitrogens is 1. The Kier molecular flexibility index (Phi) is 6.97. The lowest BCUT2D eigenvalue weighted by atomic mass is 9.81. The molecule has 2 saturated carbocycles.